The van der Waals surface area contributed by atoms with Crippen molar-refractivity contribution in [1.29, 1.82) is 0 Å². The van der Waals surface area contributed by atoms with E-state index in [0.29, 0.717) is 5.56 Å². The van der Waals surface area contributed by atoms with Crippen LogP contribution in [0.3, 0.4) is 0 Å². The molecule has 1 heterocycles. The van der Waals surface area contributed by atoms with E-state index in [2.05, 4.69) is 0 Å². The lowest BCUT2D eigenvalue weighted by atomic mass is 10.1. The third-order valence-electron chi connectivity index (χ3n) is 3.62. The zero-order valence-corrected chi connectivity index (χ0v) is 13.6. The van der Waals surface area contributed by atoms with Crippen LogP contribution >= 0.6 is 11.3 Å². The fourth-order valence-corrected chi connectivity index (χ4v) is 3.21. The molecule has 5 heteroatoms. The summed E-state index contributed by atoms with van der Waals surface area (Å²) in [4.78, 5) is 23.8. The van der Waals surface area contributed by atoms with Crippen LogP contribution in [0.1, 0.15) is 15.9 Å². The van der Waals surface area contributed by atoms with Crippen molar-refractivity contribution in [3.8, 4) is 5.75 Å². The number of hydrogen-bond acceptors (Lipinski definition) is 4. The van der Waals surface area contributed by atoms with Crippen molar-refractivity contribution < 1.29 is 9.53 Å². The normalized spacial score (nSPS) is 11.2. The minimum Gasteiger partial charge on any atom is -0.497 e. The number of nitrogens with zero attached hydrogens (tertiary/aromatic N) is 1. The van der Waals surface area contributed by atoms with Crippen molar-refractivity contribution in [1.82, 2.24) is 4.57 Å². The SMILES string of the molecule is COc1ccc(C(=O)C=Cc2ccc3c(c2)sc(=O)n3C)cc1. The minimum absolute atomic E-state index is 0.00967. The molecule has 0 bridgehead atoms. The number of ketones is 1. The molecule has 0 N–H and O–H groups in total. The number of thiazole rings is 1. The maximum atomic E-state index is 12.2. The number of benzene rings is 2. The molecule has 0 spiro atoms. The fraction of sp³-hybridized carbons (Fsp3) is 0.111. The Bertz CT molecular complexity index is 949. The number of allylic oxidation sites excluding steroid dienone is 1. The third-order valence-corrected chi connectivity index (χ3v) is 4.61. The van der Waals surface area contributed by atoms with Gasteiger partial charge >= 0.3 is 4.87 Å². The zero-order valence-electron chi connectivity index (χ0n) is 12.8. The average molecular weight is 325 g/mol. The number of hydrogen-bond donors (Lipinski definition) is 0. The number of rotatable bonds is 4. The molecule has 3 rings (SSSR count). The van der Waals surface area contributed by atoms with Gasteiger partial charge in [0, 0.05) is 12.6 Å². The van der Waals surface area contributed by atoms with Crippen molar-refractivity contribution >= 4 is 33.4 Å². The van der Waals surface area contributed by atoms with Crippen molar-refractivity contribution in [2.24, 2.45) is 7.05 Å². The van der Waals surface area contributed by atoms with E-state index >= 15 is 0 Å². The Hall–Kier alpha value is -2.66. The Morgan fingerprint density at radius 2 is 1.91 bits per heavy atom. The molecule has 0 aliphatic carbocycles. The monoisotopic (exact) mass is 325 g/mol. The first-order valence-corrected chi connectivity index (χ1v) is 7.86. The van der Waals surface area contributed by atoms with E-state index < -0.39 is 0 Å². The lowest BCUT2D eigenvalue weighted by Gasteiger charge is -2.00. The predicted octanol–water partition coefficient (Wildman–Crippen LogP) is 3.50. The first-order chi connectivity index (χ1) is 11.1. The highest BCUT2D eigenvalue weighted by Crippen LogP contribution is 2.19. The topological polar surface area (TPSA) is 48.3 Å². The standard InChI is InChI=1S/C18H15NO3S/c1-19-15-9-3-12(11-17(15)23-18(19)21)4-10-16(20)13-5-7-14(22-2)8-6-13/h3-11H,1-2H3. The first kappa shape index (κ1) is 15.2. The molecule has 0 unspecified atom stereocenters. The van der Waals surface area contributed by atoms with Gasteiger partial charge in [-0.1, -0.05) is 23.5 Å². The van der Waals surface area contributed by atoms with Gasteiger partial charge in [-0.05, 0) is 48.0 Å². The highest BCUT2D eigenvalue weighted by molar-refractivity contribution is 7.16. The Kier molecular flexibility index (Phi) is 4.12. The summed E-state index contributed by atoms with van der Waals surface area (Å²) >= 11 is 1.20. The number of carbonyl (C=O) groups excluding carboxylic acids is 1. The second-order valence-electron chi connectivity index (χ2n) is 5.08. The Morgan fingerprint density at radius 1 is 1.17 bits per heavy atom. The molecule has 0 aliphatic rings. The molecule has 0 radical (unpaired) electrons. The van der Waals surface area contributed by atoms with Crippen LogP contribution in [0, 0.1) is 0 Å². The number of aryl methyl sites for hydroxylation is 1. The van der Waals surface area contributed by atoms with Gasteiger partial charge in [0.25, 0.3) is 0 Å². The molecule has 23 heavy (non-hydrogen) atoms. The molecule has 0 fully saturated rings. The molecule has 0 amide bonds. The summed E-state index contributed by atoms with van der Waals surface area (Å²) in [6.07, 6.45) is 3.30. The smallest absolute Gasteiger partial charge is 0.307 e. The number of fused-ring (bicyclic) bond motifs is 1. The number of aromatic nitrogens is 1. The van der Waals surface area contributed by atoms with Crippen molar-refractivity contribution in [2.75, 3.05) is 7.11 Å². The second kappa shape index (κ2) is 6.22. The fourth-order valence-electron chi connectivity index (χ4n) is 2.28. The van der Waals surface area contributed by atoms with Crippen LogP contribution in [-0.4, -0.2) is 17.5 Å². The van der Waals surface area contributed by atoms with Gasteiger partial charge in [-0.2, -0.15) is 0 Å². The molecule has 0 aliphatic heterocycles. The first-order valence-electron chi connectivity index (χ1n) is 7.04. The maximum Gasteiger partial charge on any atom is 0.307 e. The van der Waals surface area contributed by atoms with Crippen LogP contribution in [0.5, 0.6) is 5.75 Å². The van der Waals surface area contributed by atoms with Crippen molar-refractivity contribution in [3.63, 3.8) is 0 Å². The Balaban J connectivity index is 1.83. The Morgan fingerprint density at radius 3 is 2.61 bits per heavy atom. The molecule has 116 valence electrons. The molecule has 0 atom stereocenters. The lowest BCUT2D eigenvalue weighted by molar-refractivity contribution is 0.104. The molecule has 0 saturated heterocycles. The molecule has 1 aromatic heterocycles. The summed E-state index contributed by atoms with van der Waals surface area (Å²) in [5.41, 5.74) is 2.40. The van der Waals surface area contributed by atoms with Crippen LogP contribution in [-0.2, 0) is 7.05 Å². The quantitative estimate of drug-likeness (QED) is 0.545. The van der Waals surface area contributed by atoms with E-state index in [0.717, 1.165) is 21.5 Å². The largest absolute Gasteiger partial charge is 0.497 e. The van der Waals surface area contributed by atoms with Gasteiger partial charge < -0.3 is 9.30 Å². The molecule has 2 aromatic carbocycles. The van der Waals surface area contributed by atoms with E-state index in [1.54, 1.807) is 49.1 Å². The summed E-state index contributed by atoms with van der Waals surface area (Å²) in [5, 5.41) is 0. The summed E-state index contributed by atoms with van der Waals surface area (Å²) in [7, 11) is 3.34. The van der Waals surface area contributed by atoms with E-state index in [4.69, 9.17) is 4.74 Å². The number of ether oxygens (including phenoxy) is 1. The molecule has 4 nitrogen and oxygen atoms in total. The van der Waals surface area contributed by atoms with E-state index in [1.807, 2.05) is 18.2 Å². The number of carbonyl (C=O) groups is 1. The van der Waals surface area contributed by atoms with Gasteiger partial charge in [-0.3, -0.25) is 9.59 Å². The number of methoxy groups -OCH3 is 1. The van der Waals surface area contributed by atoms with Gasteiger partial charge in [0.05, 0.1) is 17.3 Å². The zero-order chi connectivity index (χ0) is 16.4. The van der Waals surface area contributed by atoms with Gasteiger partial charge in [-0.15, -0.1) is 0 Å². The van der Waals surface area contributed by atoms with Crippen molar-refractivity contribution in [3.05, 3.63) is 69.3 Å². The van der Waals surface area contributed by atoms with E-state index in [-0.39, 0.29) is 10.7 Å². The van der Waals surface area contributed by atoms with Crippen LogP contribution in [0.25, 0.3) is 16.3 Å². The van der Waals surface area contributed by atoms with E-state index in [9.17, 15) is 9.59 Å². The Labute approximate surface area is 137 Å². The van der Waals surface area contributed by atoms with Crippen molar-refractivity contribution in [2.45, 2.75) is 0 Å². The lowest BCUT2D eigenvalue weighted by Crippen LogP contribution is -2.06. The van der Waals surface area contributed by atoms with Gasteiger partial charge in [0.2, 0.25) is 0 Å². The minimum atomic E-state index is -0.0750. The maximum absolute atomic E-state index is 12.2. The highest BCUT2D eigenvalue weighted by atomic mass is 32.1. The third kappa shape index (κ3) is 3.10. The summed E-state index contributed by atoms with van der Waals surface area (Å²) in [5.74, 6) is 0.643. The average Bonchev–Trinajstić information content (AvgIpc) is 2.86. The predicted molar refractivity (Wildman–Crippen MR) is 93.4 cm³/mol. The molecule has 3 aromatic rings. The molecule has 0 saturated carbocycles. The van der Waals surface area contributed by atoms with Gasteiger partial charge in [0.1, 0.15) is 5.75 Å². The second-order valence-corrected chi connectivity index (χ2v) is 6.07. The van der Waals surface area contributed by atoms with Crippen LogP contribution < -0.4 is 9.61 Å². The summed E-state index contributed by atoms with van der Waals surface area (Å²) in [6, 6.07) is 12.7. The molecular formula is C18H15NO3S. The summed E-state index contributed by atoms with van der Waals surface area (Å²) in [6.45, 7) is 0. The van der Waals surface area contributed by atoms with Gasteiger partial charge in [-0.25, -0.2) is 0 Å². The summed E-state index contributed by atoms with van der Waals surface area (Å²) < 4.78 is 7.61. The molecular weight excluding hydrogens is 310 g/mol. The van der Waals surface area contributed by atoms with E-state index in [1.165, 1.54) is 17.4 Å². The van der Waals surface area contributed by atoms with Crippen LogP contribution in [0.2, 0.25) is 0 Å². The van der Waals surface area contributed by atoms with Gasteiger partial charge in [0.15, 0.2) is 5.78 Å². The highest BCUT2D eigenvalue weighted by Gasteiger charge is 2.05. The van der Waals surface area contributed by atoms with Crippen LogP contribution in [0.4, 0.5) is 0 Å². The van der Waals surface area contributed by atoms with Crippen LogP contribution in [0.15, 0.2) is 53.3 Å².